The summed E-state index contributed by atoms with van der Waals surface area (Å²) in [6.07, 6.45) is 2.22. The number of hydrogen-bond donors (Lipinski definition) is 1. The van der Waals surface area contributed by atoms with E-state index in [1.807, 2.05) is 24.3 Å². The van der Waals surface area contributed by atoms with Crippen molar-refractivity contribution in [1.82, 2.24) is 14.9 Å². The van der Waals surface area contributed by atoms with Crippen molar-refractivity contribution in [2.24, 2.45) is 5.10 Å². The fourth-order valence-electron chi connectivity index (χ4n) is 2.02. The summed E-state index contributed by atoms with van der Waals surface area (Å²) in [4.78, 5) is 0. The van der Waals surface area contributed by atoms with E-state index < -0.39 is 0 Å². The van der Waals surface area contributed by atoms with Gasteiger partial charge in [0.05, 0.1) is 6.21 Å². The highest BCUT2D eigenvalue weighted by Crippen LogP contribution is 2.11. The highest BCUT2D eigenvalue weighted by atomic mass is 79.9. The number of halogens is 2. The Kier molecular flexibility index (Phi) is 4.78. The number of nitrogens with one attached hydrogen (secondary N) is 1. The number of nitrogens with zero attached hydrogens (tertiary/aromatic N) is 3. The first-order valence-corrected chi connectivity index (χ1v) is 8.02. The highest BCUT2D eigenvalue weighted by molar-refractivity contribution is 9.10. The van der Waals surface area contributed by atoms with Crippen LogP contribution in [0.15, 0.2) is 58.1 Å². The Bertz CT molecular complexity index is 882. The van der Waals surface area contributed by atoms with Gasteiger partial charge in [-0.1, -0.05) is 40.2 Å². The van der Waals surface area contributed by atoms with Crippen molar-refractivity contribution in [3.05, 3.63) is 80.5 Å². The van der Waals surface area contributed by atoms with E-state index in [9.17, 15) is 4.39 Å². The lowest BCUT2D eigenvalue weighted by Gasteiger charge is -2.01. The van der Waals surface area contributed by atoms with Gasteiger partial charge >= 0.3 is 0 Å². The third-order valence-corrected chi connectivity index (χ3v) is 3.98. The molecule has 4 nitrogen and oxygen atoms in total. The summed E-state index contributed by atoms with van der Waals surface area (Å²) < 4.78 is 16.0. The van der Waals surface area contributed by atoms with E-state index in [1.54, 1.807) is 23.0 Å². The second-order valence-electron chi connectivity index (χ2n) is 4.86. The number of hydrogen-bond acceptors (Lipinski definition) is 3. The van der Waals surface area contributed by atoms with Gasteiger partial charge in [-0.05, 0) is 47.6 Å². The summed E-state index contributed by atoms with van der Waals surface area (Å²) in [6.45, 7) is 0. The molecule has 0 saturated carbocycles. The lowest BCUT2D eigenvalue weighted by Crippen LogP contribution is -2.00. The van der Waals surface area contributed by atoms with Crippen molar-refractivity contribution < 1.29 is 4.39 Å². The normalized spacial score (nSPS) is 11.2. The number of rotatable bonds is 4. The molecule has 1 N–H and O–H groups in total. The summed E-state index contributed by atoms with van der Waals surface area (Å²) in [6, 6.07) is 14.0. The molecule has 0 atom stereocenters. The van der Waals surface area contributed by atoms with Gasteiger partial charge in [-0.25, -0.2) is 4.39 Å². The number of aromatic nitrogens is 3. The van der Waals surface area contributed by atoms with Crippen LogP contribution in [-0.2, 0) is 6.42 Å². The Hall–Kier alpha value is -2.12. The summed E-state index contributed by atoms with van der Waals surface area (Å²) in [5.74, 6) is 0.399. The van der Waals surface area contributed by atoms with Crippen LogP contribution in [0.3, 0.4) is 0 Å². The van der Waals surface area contributed by atoms with Gasteiger partial charge in [-0.15, -0.1) is 0 Å². The lowest BCUT2D eigenvalue weighted by atomic mass is 10.1. The third-order valence-electron chi connectivity index (χ3n) is 3.19. The zero-order valence-electron chi connectivity index (χ0n) is 11.9. The van der Waals surface area contributed by atoms with Crippen molar-refractivity contribution in [2.45, 2.75) is 6.42 Å². The van der Waals surface area contributed by atoms with Crippen LogP contribution < -0.4 is 0 Å². The quantitative estimate of drug-likeness (QED) is 0.532. The Labute approximate surface area is 145 Å². The van der Waals surface area contributed by atoms with E-state index in [2.05, 4.69) is 31.2 Å². The maximum absolute atomic E-state index is 13.0. The molecule has 0 saturated heterocycles. The Morgan fingerprint density at radius 1 is 1.17 bits per heavy atom. The molecular formula is C16H12BrFN4S. The van der Waals surface area contributed by atoms with Crippen LogP contribution >= 0.6 is 28.1 Å². The first-order chi connectivity index (χ1) is 11.1. The standard InChI is InChI=1S/C16H12BrFN4S/c17-13-5-1-12(2-6-13)10-19-22-15(20-21-16(22)23)9-11-3-7-14(18)8-4-11/h1-8,10H,9H2,(H,21,23)/b19-10-. The summed E-state index contributed by atoms with van der Waals surface area (Å²) >= 11 is 8.60. The largest absolute Gasteiger partial charge is 0.250 e. The molecule has 0 bridgehead atoms. The summed E-state index contributed by atoms with van der Waals surface area (Å²) in [5, 5.41) is 11.3. The SMILES string of the molecule is Fc1ccc(Cc2n[nH]c(=S)n2/N=C\c2ccc(Br)cc2)cc1. The molecule has 0 aliphatic rings. The van der Waals surface area contributed by atoms with Crippen molar-refractivity contribution in [2.75, 3.05) is 0 Å². The van der Waals surface area contributed by atoms with E-state index in [4.69, 9.17) is 12.2 Å². The summed E-state index contributed by atoms with van der Waals surface area (Å²) in [5.41, 5.74) is 1.88. The molecule has 3 aromatic rings. The smallest absolute Gasteiger partial charge is 0.216 e. The van der Waals surface area contributed by atoms with Crippen molar-refractivity contribution in [3.63, 3.8) is 0 Å². The maximum Gasteiger partial charge on any atom is 0.216 e. The molecule has 0 aliphatic carbocycles. The monoisotopic (exact) mass is 390 g/mol. The van der Waals surface area contributed by atoms with Gasteiger partial charge in [0.2, 0.25) is 4.77 Å². The van der Waals surface area contributed by atoms with Crippen LogP contribution in [0.5, 0.6) is 0 Å². The van der Waals surface area contributed by atoms with Crippen LogP contribution in [0.25, 0.3) is 0 Å². The fraction of sp³-hybridized carbons (Fsp3) is 0.0625. The first-order valence-electron chi connectivity index (χ1n) is 6.82. The fourth-order valence-corrected chi connectivity index (χ4v) is 2.48. The zero-order chi connectivity index (χ0) is 16.2. The van der Waals surface area contributed by atoms with Gasteiger partial charge in [0.15, 0.2) is 5.82 Å². The Balaban J connectivity index is 1.85. The van der Waals surface area contributed by atoms with E-state index in [-0.39, 0.29) is 5.82 Å². The molecule has 0 spiro atoms. The number of aromatic amines is 1. The molecule has 116 valence electrons. The van der Waals surface area contributed by atoms with Crippen molar-refractivity contribution in [1.29, 1.82) is 0 Å². The van der Waals surface area contributed by atoms with E-state index in [0.29, 0.717) is 17.0 Å². The van der Waals surface area contributed by atoms with Crippen molar-refractivity contribution in [3.8, 4) is 0 Å². The van der Waals surface area contributed by atoms with Crippen LogP contribution in [-0.4, -0.2) is 21.1 Å². The van der Waals surface area contributed by atoms with Gasteiger partial charge in [0.1, 0.15) is 5.82 Å². The molecule has 0 amide bonds. The number of H-pyrrole nitrogens is 1. The first kappa shape index (κ1) is 15.8. The molecule has 7 heteroatoms. The molecule has 0 unspecified atom stereocenters. The van der Waals surface area contributed by atoms with Gasteiger partial charge in [-0.2, -0.15) is 14.9 Å². The maximum atomic E-state index is 13.0. The van der Waals surface area contributed by atoms with Crippen LogP contribution in [0, 0.1) is 10.6 Å². The second-order valence-corrected chi connectivity index (χ2v) is 6.16. The molecule has 0 fully saturated rings. The summed E-state index contributed by atoms with van der Waals surface area (Å²) in [7, 11) is 0. The van der Waals surface area contributed by atoms with E-state index in [0.717, 1.165) is 15.6 Å². The highest BCUT2D eigenvalue weighted by Gasteiger charge is 2.06. The zero-order valence-corrected chi connectivity index (χ0v) is 14.3. The Morgan fingerprint density at radius 2 is 1.87 bits per heavy atom. The van der Waals surface area contributed by atoms with Crippen LogP contribution in [0.1, 0.15) is 17.0 Å². The topological polar surface area (TPSA) is 46.0 Å². The minimum atomic E-state index is -0.263. The van der Waals surface area contributed by atoms with Crippen LogP contribution in [0.4, 0.5) is 4.39 Å². The van der Waals surface area contributed by atoms with Gasteiger partial charge in [-0.3, -0.25) is 5.10 Å². The molecule has 3 rings (SSSR count). The molecule has 0 radical (unpaired) electrons. The average Bonchev–Trinajstić information content (AvgIpc) is 2.89. The molecule has 1 aromatic heterocycles. The minimum Gasteiger partial charge on any atom is -0.250 e. The lowest BCUT2D eigenvalue weighted by molar-refractivity contribution is 0.627. The van der Waals surface area contributed by atoms with E-state index >= 15 is 0 Å². The van der Waals surface area contributed by atoms with Gasteiger partial charge in [0, 0.05) is 10.9 Å². The molecule has 2 aromatic carbocycles. The molecule has 23 heavy (non-hydrogen) atoms. The van der Waals surface area contributed by atoms with Gasteiger partial charge in [0.25, 0.3) is 0 Å². The molecule has 1 heterocycles. The van der Waals surface area contributed by atoms with E-state index in [1.165, 1.54) is 12.1 Å². The number of benzene rings is 2. The Morgan fingerprint density at radius 3 is 2.57 bits per heavy atom. The average molecular weight is 391 g/mol. The predicted octanol–water partition coefficient (Wildman–Crippen LogP) is 4.32. The van der Waals surface area contributed by atoms with Crippen LogP contribution in [0.2, 0.25) is 0 Å². The van der Waals surface area contributed by atoms with Crippen molar-refractivity contribution >= 4 is 34.4 Å². The predicted molar refractivity (Wildman–Crippen MR) is 93.8 cm³/mol. The molecular weight excluding hydrogens is 379 g/mol. The second kappa shape index (κ2) is 6.97. The van der Waals surface area contributed by atoms with Gasteiger partial charge < -0.3 is 0 Å². The third kappa shape index (κ3) is 4.00. The minimum absolute atomic E-state index is 0.263. The molecule has 0 aliphatic heterocycles.